The number of amides is 1. The van der Waals surface area contributed by atoms with Crippen LogP contribution in [0.15, 0.2) is 24.0 Å². The van der Waals surface area contributed by atoms with E-state index in [9.17, 15) is 4.79 Å². The smallest absolute Gasteiger partial charge is 0.247 e. The molecule has 1 aromatic heterocycles. The zero-order valence-corrected chi connectivity index (χ0v) is 13.9. The Morgan fingerprint density at radius 2 is 2.26 bits per heavy atom. The summed E-state index contributed by atoms with van der Waals surface area (Å²) < 4.78 is 0. The van der Waals surface area contributed by atoms with Crippen molar-refractivity contribution in [3.05, 3.63) is 29.7 Å². The van der Waals surface area contributed by atoms with Gasteiger partial charge in [-0.2, -0.15) is 0 Å². The van der Waals surface area contributed by atoms with Crippen LogP contribution in [0.25, 0.3) is 0 Å². The molecular formula is C18H26N4O. The third-order valence-corrected chi connectivity index (χ3v) is 4.73. The van der Waals surface area contributed by atoms with Crippen molar-refractivity contribution in [2.45, 2.75) is 57.9 Å². The SMILES string of the molecule is CCc1cc(N2CCC[C@@H](NC(=O)C3=CCCCC3)C2)ncn1. The minimum absolute atomic E-state index is 0.133. The summed E-state index contributed by atoms with van der Waals surface area (Å²) in [4.78, 5) is 23.3. The molecule has 5 heteroatoms. The van der Waals surface area contributed by atoms with Crippen LogP contribution in [0.4, 0.5) is 5.82 Å². The van der Waals surface area contributed by atoms with Gasteiger partial charge in [0.1, 0.15) is 12.1 Å². The summed E-state index contributed by atoms with van der Waals surface area (Å²) in [6.45, 7) is 3.93. The Hall–Kier alpha value is -1.91. The topological polar surface area (TPSA) is 58.1 Å². The molecule has 0 bridgehead atoms. The van der Waals surface area contributed by atoms with Crippen molar-refractivity contribution < 1.29 is 4.79 Å². The number of carbonyl (C=O) groups is 1. The largest absolute Gasteiger partial charge is 0.354 e. The van der Waals surface area contributed by atoms with E-state index in [0.29, 0.717) is 0 Å². The minimum Gasteiger partial charge on any atom is -0.354 e. The van der Waals surface area contributed by atoms with E-state index in [1.807, 2.05) is 0 Å². The second-order valence-corrected chi connectivity index (χ2v) is 6.45. The number of nitrogens with one attached hydrogen (secondary N) is 1. The summed E-state index contributed by atoms with van der Waals surface area (Å²) in [6, 6.07) is 2.27. The summed E-state index contributed by atoms with van der Waals surface area (Å²) >= 11 is 0. The molecule has 1 aromatic rings. The Kier molecular flexibility index (Phi) is 5.26. The van der Waals surface area contributed by atoms with E-state index in [1.54, 1.807) is 6.33 Å². The van der Waals surface area contributed by atoms with Gasteiger partial charge >= 0.3 is 0 Å². The Morgan fingerprint density at radius 3 is 3.04 bits per heavy atom. The van der Waals surface area contributed by atoms with Gasteiger partial charge in [-0.25, -0.2) is 9.97 Å². The van der Waals surface area contributed by atoms with Gasteiger partial charge in [-0.05, 0) is 44.9 Å². The predicted molar refractivity (Wildman–Crippen MR) is 91.3 cm³/mol. The normalized spacial score (nSPS) is 21.7. The molecule has 1 saturated heterocycles. The van der Waals surface area contributed by atoms with Crippen molar-refractivity contribution in [3.8, 4) is 0 Å². The van der Waals surface area contributed by atoms with Crippen LogP contribution in [0.2, 0.25) is 0 Å². The van der Waals surface area contributed by atoms with Crippen LogP contribution in [0.3, 0.4) is 0 Å². The third-order valence-electron chi connectivity index (χ3n) is 4.73. The first-order valence-corrected chi connectivity index (χ1v) is 8.82. The average Bonchev–Trinajstić information content (AvgIpc) is 2.63. The van der Waals surface area contributed by atoms with Gasteiger partial charge in [-0.3, -0.25) is 4.79 Å². The molecule has 124 valence electrons. The molecule has 5 nitrogen and oxygen atoms in total. The molecule has 1 amide bonds. The molecule has 0 aromatic carbocycles. The molecule has 0 radical (unpaired) electrons. The molecule has 1 aliphatic heterocycles. The number of hydrogen-bond acceptors (Lipinski definition) is 4. The van der Waals surface area contributed by atoms with E-state index >= 15 is 0 Å². The van der Waals surface area contributed by atoms with Crippen molar-refractivity contribution >= 4 is 11.7 Å². The Bertz CT molecular complexity index is 584. The lowest BCUT2D eigenvalue weighted by atomic mass is 9.98. The van der Waals surface area contributed by atoms with Gasteiger partial charge in [0.05, 0.1) is 0 Å². The summed E-state index contributed by atoms with van der Waals surface area (Å²) in [6.07, 6.45) is 11.1. The predicted octanol–water partition coefficient (Wildman–Crippen LogP) is 2.62. The lowest BCUT2D eigenvalue weighted by Gasteiger charge is -2.34. The highest BCUT2D eigenvalue weighted by Crippen LogP contribution is 2.20. The average molecular weight is 314 g/mol. The molecule has 1 fully saturated rings. The zero-order chi connectivity index (χ0) is 16.1. The van der Waals surface area contributed by atoms with Gasteiger partial charge in [-0.1, -0.05) is 13.0 Å². The van der Waals surface area contributed by atoms with Crippen LogP contribution in [0.5, 0.6) is 0 Å². The number of aryl methyl sites for hydroxylation is 1. The molecule has 0 unspecified atom stereocenters. The van der Waals surface area contributed by atoms with Gasteiger partial charge in [-0.15, -0.1) is 0 Å². The summed E-state index contributed by atoms with van der Waals surface area (Å²) in [7, 11) is 0. The van der Waals surface area contributed by atoms with E-state index in [2.05, 4.69) is 39.3 Å². The van der Waals surface area contributed by atoms with Gasteiger partial charge < -0.3 is 10.2 Å². The fourth-order valence-electron chi connectivity index (χ4n) is 3.38. The van der Waals surface area contributed by atoms with Crippen LogP contribution < -0.4 is 10.2 Å². The maximum absolute atomic E-state index is 12.4. The van der Waals surface area contributed by atoms with Gasteiger partial charge in [0.15, 0.2) is 0 Å². The number of carbonyl (C=O) groups excluding carboxylic acids is 1. The first kappa shape index (κ1) is 16.0. The number of piperidine rings is 1. The highest BCUT2D eigenvalue weighted by molar-refractivity contribution is 5.93. The third kappa shape index (κ3) is 4.09. The maximum Gasteiger partial charge on any atom is 0.247 e. The van der Waals surface area contributed by atoms with Crippen LogP contribution in [0, 0.1) is 0 Å². The fourth-order valence-corrected chi connectivity index (χ4v) is 3.38. The Labute approximate surface area is 138 Å². The van der Waals surface area contributed by atoms with E-state index < -0.39 is 0 Å². The minimum atomic E-state index is 0.133. The highest BCUT2D eigenvalue weighted by Gasteiger charge is 2.24. The van der Waals surface area contributed by atoms with Crippen LogP contribution >= 0.6 is 0 Å². The standard InChI is InChI=1S/C18H26N4O/c1-2-15-11-17(20-13-19-15)22-10-6-9-16(12-22)21-18(23)14-7-4-3-5-8-14/h7,11,13,16H,2-6,8-10,12H2,1H3,(H,21,23)/t16-/m1/s1. The van der Waals surface area contributed by atoms with Gasteiger partial charge in [0, 0.05) is 36.5 Å². The lowest BCUT2D eigenvalue weighted by molar-refractivity contribution is -0.118. The van der Waals surface area contributed by atoms with Crippen LogP contribution in [0.1, 0.15) is 51.1 Å². The fraction of sp³-hybridized carbons (Fsp3) is 0.611. The number of aromatic nitrogens is 2. The molecule has 1 N–H and O–H groups in total. The van der Waals surface area contributed by atoms with Gasteiger partial charge in [0.2, 0.25) is 5.91 Å². The van der Waals surface area contributed by atoms with Crippen molar-refractivity contribution in [2.75, 3.05) is 18.0 Å². The van der Waals surface area contributed by atoms with E-state index in [1.165, 1.54) is 6.42 Å². The Morgan fingerprint density at radius 1 is 1.35 bits per heavy atom. The molecule has 1 atom stereocenters. The number of anilines is 1. The quantitative estimate of drug-likeness (QED) is 0.928. The number of hydrogen-bond donors (Lipinski definition) is 1. The zero-order valence-electron chi connectivity index (χ0n) is 13.9. The van der Waals surface area contributed by atoms with Gasteiger partial charge in [0.25, 0.3) is 0 Å². The van der Waals surface area contributed by atoms with Crippen LogP contribution in [-0.2, 0) is 11.2 Å². The van der Waals surface area contributed by atoms with Crippen molar-refractivity contribution in [2.24, 2.45) is 0 Å². The van der Waals surface area contributed by atoms with Crippen LogP contribution in [-0.4, -0.2) is 35.0 Å². The molecule has 2 aliphatic rings. The van der Waals surface area contributed by atoms with Crippen molar-refractivity contribution in [3.63, 3.8) is 0 Å². The highest BCUT2D eigenvalue weighted by atomic mass is 16.1. The van der Waals surface area contributed by atoms with E-state index in [0.717, 1.165) is 68.7 Å². The number of allylic oxidation sites excluding steroid dienone is 1. The Balaban J connectivity index is 1.61. The second-order valence-electron chi connectivity index (χ2n) is 6.45. The molecular weight excluding hydrogens is 288 g/mol. The first-order chi connectivity index (χ1) is 11.3. The number of nitrogens with zero attached hydrogens (tertiary/aromatic N) is 3. The lowest BCUT2D eigenvalue weighted by Crippen LogP contribution is -2.48. The molecule has 0 saturated carbocycles. The maximum atomic E-state index is 12.4. The summed E-state index contributed by atoms with van der Waals surface area (Å²) in [5, 5.41) is 3.22. The van der Waals surface area contributed by atoms with Crippen molar-refractivity contribution in [1.29, 1.82) is 0 Å². The molecule has 23 heavy (non-hydrogen) atoms. The van der Waals surface area contributed by atoms with E-state index in [4.69, 9.17) is 0 Å². The van der Waals surface area contributed by atoms with E-state index in [-0.39, 0.29) is 11.9 Å². The molecule has 2 heterocycles. The van der Waals surface area contributed by atoms with Crippen molar-refractivity contribution in [1.82, 2.24) is 15.3 Å². The molecule has 3 rings (SSSR count). The molecule has 1 aliphatic carbocycles. The second kappa shape index (κ2) is 7.57. The molecule has 0 spiro atoms. The summed E-state index contributed by atoms with van der Waals surface area (Å²) in [5.74, 6) is 1.11. The summed E-state index contributed by atoms with van der Waals surface area (Å²) in [5.41, 5.74) is 2.04. The monoisotopic (exact) mass is 314 g/mol. The first-order valence-electron chi connectivity index (χ1n) is 8.82. The number of rotatable bonds is 4.